The third-order valence-corrected chi connectivity index (χ3v) is 5.24. The molecule has 0 saturated heterocycles. The molecule has 8 nitrogen and oxygen atoms in total. The Morgan fingerprint density at radius 2 is 1.63 bits per heavy atom. The Kier molecular flexibility index (Phi) is 6.47. The summed E-state index contributed by atoms with van der Waals surface area (Å²) in [6.07, 6.45) is -2.99. The van der Waals surface area contributed by atoms with Crippen LogP contribution in [0.1, 0.15) is 5.56 Å². The lowest BCUT2D eigenvalue weighted by Crippen LogP contribution is -2.29. The minimum Gasteiger partial charge on any atom is -0.367 e. The Labute approximate surface area is 170 Å². The van der Waals surface area contributed by atoms with Gasteiger partial charge in [0.25, 0.3) is 0 Å². The molecular formula is C18H17F3N6O2S. The average molecular weight is 438 g/mol. The summed E-state index contributed by atoms with van der Waals surface area (Å²) < 4.78 is 64.9. The lowest BCUT2D eigenvalue weighted by atomic mass is 10.2. The zero-order valence-electron chi connectivity index (χ0n) is 15.4. The SMILES string of the molecule is O=S(=O)(NCCNc1ccc(Nc2ccccn2)nn1)c1cccc(C(F)(F)F)c1. The predicted molar refractivity (Wildman–Crippen MR) is 105 cm³/mol. The number of anilines is 3. The van der Waals surface area contributed by atoms with E-state index in [1.54, 1.807) is 30.5 Å². The predicted octanol–water partition coefficient (Wildman–Crippen LogP) is 3.02. The van der Waals surface area contributed by atoms with Crippen molar-refractivity contribution in [1.29, 1.82) is 0 Å². The van der Waals surface area contributed by atoms with Gasteiger partial charge in [-0.15, -0.1) is 10.2 Å². The Bertz CT molecular complexity index is 1080. The quantitative estimate of drug-likeness (QED) is 0.464. The Balaban J connectivity index is 1.51. The van der Waals surface area contributed by atoms with Crippen LogP contribution in [0.2, 0.25) is 0 Å². The molecule has 3 aromatic rings. The molecule has 0 amide bonds. The molecule has 3 N–H and O–H groups in total. The second-order valence-electron chi connectivity index (χ2n) is 5.99. The summed E-state index contributed by atoms with van der Waals surface area (Å²) in [5, 5.41) is 13.8. The summed E-state index contributed by atoms with van der Waals surface area (Å²) in [5.74, 6) is 1.49. The van der Waals surface area contributed by atoms with Gasteiger partial charge < -0.3 is 10.6 Å². The van der Waals surface area contributed by atoms with E-state index < -0.39 is 26.7 Å². The van der Waals surface area contributed by atoms with Crippen LogP contribution in [0.3, 0.4) is 0 Å². The Morgan fingerprint density at radius 3 is 2.30 bits per heavy atom. The van der Waals surface area contributed by atoms with Gasteiger partial charge in [0.1, 0.15) is 11.6 Å². The van der Waals surface area contributed by atoms with Gasteiger partial charge in [-0.05, 0) is 42.5 Å². The van der Waals surface area contributed by atoms with Gasteiger partial charge in [-0.25, -0.2) is 18.1 Å². The molecule has 0 atom stereocenters. The number of hydrogen-bond donors (Lipinski definition) is 3. The number of rotatable bonds is 8. The highest BCUT2D eigenvalue weighted by molar-refractivity contribution is 7.89. The van der Waals surface area contributed by atoms with Gasteiger partial charge in [0, 0.05) is 19.3 Å². The molecule has 0 aliphatic heterocycles. The topological polar surface area (TPSA) is 109 Å². The third-order valence-electron chi connectivity index (χ3n) is 3.78. The van der Waals surface area contributed by atoms with Crippen molar-refractivity contribution in [3.8, 4) is 0 Å². The molecule has 0 fully saturated rings. The van der Waals surface area contributed by atoms with Crippen LogP contribution in [0.5, 0.6) is 0 Å². The zero-order valence-corrected chi connectivity index (χ0v) is 16.2. The van der Waals surface area contributed by atoms with E-state index in [9.17, 15) is 21.6 Å². The van der Waals surface area contributed by atoms with Gasteiger partial charge in [0.15, 0.2) is 5.82 Å². The minimum atomic E-state index is -4.62. The molecule has 0 spiro atoms. The second kappa shape index (κ2) is 9.05. The number of alkyl halides is 3. The van der Waals surface area contributed by atoms with Gasteiger partial charge in [-0.3, -0.25) is 0 Å². The van der Waals surface area contributed by atoms with Crippen LogP contribution in [0.4, 0.5) is 30.6 Å². The van der Waals surface area contributed by atoms with Gasteiger partial charge in [0.05, 0.1) is 10.5 Å². The molecule has 12 heteroatoms. The number of hydrogen-bond acceptors (Lipinski definition) is 7. The van der Waals surface area contributed by atoms with Crippen LogP contribution in [-0.2, 0) is 16.2 Å². The number of pyridine rings is 1. The summed E-state index contributed by atoms with van der Waals surface area (Å²) in [4.78, 5) is 3.65. The van der Waals surface area contributed by atoms with Gasteiger partial charge >= 0.3 is 6.18 Å². The third kappa shape index (κ3) is 5.87. The highest BCUT2D eigenvalue weighted by atomic mass is 32.2. The summed E-state index contributed by atoms with van der Waals surface area (Å²) in [5.41, 5.74) is -1.03. The average Bonchev–Trinajstić information content (AvgIpc) is 2.73. The summed E-state index contributed by atoms with van der Waals surface area (Å²) in [6, 6.07) is 12.2. The minimum absolute atomic E-state index is 0.0613. The van der Waals surface area contributed by atoms with E-state index >= 15 is 0 Å². The molecule has 2 aromatic heterocycles. The fourth-order valence-corrected chi connectivity index (χ4v) is 3.44. The van der Waals surface area contributed by atoms with Crippen molar-refractivity contribution in [2.24, 2.45) is 0 Å². The molecule has 0 aliphatic rings. The molecule has 0 saturated carbocycles. The summed E-state index contributed by atoms with van der Waals surface area (Å²) in [6.45, 7) is 0.0914. The largest absolute Gasteiger partial charge is 0.416 e. The first-order valence-corrected chi connectivity index (χ1v) is 10.1. The maximum atomic E-state index is 12.8. The van der Waals surface area contributed by atoms with Gasteiger partial charge in [-0.2, -0.15) is 13.2 Å². The van der Waals surface area contributed by atoms with Crippen molar-refractivity contribution in [2.75, 3.05) is 23.7 Å². The van der Waals surface area contributed by atoms with Crippen molar-refractivity contribution >= 4 is 27.5 Å². The van der Waals surface area contributed by atoms with Crippen molar-refractivity contribution < 1.29 is 21.6 Å². The summed E-state index contributed by atoms with van der Waals surface area (Å²) >= 11 is 0. The van der Waals surface area contributed by atoms with Crippen molar-refractivity contribution in [3.63, 3.8) is 0 Å². The van der Waals surface area contributed by atoms with Crippen LogP contribution >= 0.6 is 0 Å². The molecule has 0 aliphatic carbocycles. The molecular weight excluding hydrogens is 421 g/mol. The molecule has 158 valence electrons. The smallest absolute Gasteiger partial charge is 0.367 e. The normalized spacial score (nSPS) is 11.8. The standard InChI is InChI=1S/C18H17F3N6O2S/c19-18(20,21)13-4-3-5-14(12-13)30(28,29)24-11-10-23-16-7-8-17(27-26-16)25-15-6-1-2-9-22-15/h1-9,12,24H,10-11H2,(H,23,26)(H,22,25,27). The zero-order chi connectivity index (χ0) is 21.6. The van der Waals surface area contributed by atoms with E-state index in [4.69, 9.17) is 0 Å². The van der Waals surface area contributed by atoms with E-state index in [0.717, 1.165) is 18.2 Å². The molecule has 30 heavy (non-hydrogen) atoms. The van der Waals surface area contributed by atoms with E-state index in [0.29, 0.717) is 23.5 Å². The van der Waals surface area contributed by atoms with E-state index in [1.807, 2.05) is 6.07 Å². The van der Waals surface area contributed by atoms with E-state index in [1.165, 1.54) is 0 Å². The first kappa shape index (κ1) is 21.5. The van der Waals surface area contributed by atoms with Crippen LogP contribution in [-0.4, -0.2) is 36.7 Å². The lowest BCUT2D eigenvalue weighted by Gasteiger charge is -2.11. The Morgan fingerprint density at radius 1 is 0.867 bits per heavy atom. The van der Waals surface area contributed by atoms with E-state index in [-0.39, 0.29) is 13.1 Å². The van der Waals surface area contributed by atoms with Crippen LogP contribution in [0.15, 0.2) is 65.7 Å². The number of benzene rings is 1. The van der Waals surface area contributed by atoms with Crippen LogP contribution in [0, 0.1) is 0 Å². The summed E-state index contributed by atoms with van der Waals surface area (Å²) in [7, 11) is -4.08. The van der Waals surface area contributed by atoms with Gasteiger partial charge in [0.2, 0.25) is 10.0 Å². The van der Waals surface area contributed by atoms with Crippen LogP contribution < -0.4 is 15.4 Å². The fraction of sp³-hybridized carbons (Fsp3) is 0.167. The second-order valence-corrected chi connectivity index (χ2v) is 7.76. The molecule has 0 bridgehead atoms. The molecule has 0 radical (unpaired) electrons. The van der Waals surface area contributed by atoms with Crippen LogP contribution in [0.25, 0.3) is 0 Å². The Hall–Kier alpha value is -3.25. The number of nitrogens with one attached hydrogen (secondary N) is 3. The van der Waals surface area contributed by atoms with Crippen molar-refractivity contribution in [3.05, 3.63) is 66.4 Å². The van der Waals surface area contributed by atoms with Crippen molar-refractivity contribution in [1.82, 2.24) is 19.9 Å². The molecule has 1 aromatic carbocycles. The lowest BCUT2D eigenvalue weighted by molar-refractivity contribution is -0.137. The number of halogens is 3. The fourth-order valence-electron chi connectivity index (χ4n) is 2.36. The van der Waals surface area contributed by atoms with E-state index in [2.05, 4.69) is 30.5 Å². The van der Waals surface area contributed by atoms with Crippen molar-refractivity contribution in [2.45, 2.75) is 11.1 Å². The number of sulfonamides is 1. The highest BCUT2D eigenvalue weighted by Crippen LogP contribution is 2.30. The first-order valence-electron chi connectivity index (χ1n) is 8.67. The van der Waals surface area contributed by atoms with Gasteiger partial charge in [-0.1, -0.05) is 12.1 Å². The maximum absolute atomic E-state index is 12.8. The maximum Gasteiger partial charge on any atom is 0.416 e. The molecule has 3 rings (SSSR count). The number of aromatic nitrogens is 3. The highest BCUT2D eigenvalue weighted by Gasteiger charge is 2.31. The molecule has 0 unspecified atom stereocenters. The first-order chi connectivity index (χ1) is 14.2. The molecule has 2 heterocycles. The monoisotopic (exact) mass is 438 g/mol. The number of nitrogens with zero attached hydrogens (tertiary/aromatic N) is 3.